The number of carbonyl (C=O) groups is 2. The Labute approximate surface area is 134 Å². The molecule has 1 heterocycles. The SMILES string of the molecule is CC(C(N)=O)n1ncc(NCCNC(=O)OC(C)(C)C)cc1=O. The van der Waals surface area contributed by atoms with Crippen LogP contribution in [-0.2, 0) is 9.53 Å². The number of hydrogen-bond acceptors (Lipinski definition) is 6. The summed E-state index contributed by atoms with van der Waals surface area (Å²) in [5.74, 6) is -0.637. The Morgan fingerprint density at radius 1 is 1.39 bits per heavy atom. The molecule has 23 heavy (non-hydrogen) atoms. The van der Waals surface area contributed by atoms with Gasteiger partial charge in [-0.25, -0.2) is 9.48 Å². The number of hydrogen-bond donors (Lipinski definition) is 3. The molecule has 9 nitrogen and oxygen atoms in total. The second kappa shape index (κ2) is 7.61. The number of rotatable bonds is 6. The van der Waals surface area contributed by atoms with Gasteiger partial charge in [0.1, 0.15) is 11.6 Å². The van der Waals surface area contributed by atoms with Crippen LogP contribution in [0.2, 0.25) is 0 Å². The number of carbonyl (C=O) groups excluding carboxylic acids is 2. The Kier molecular flexibility index (Phi) is 6.11. The van der Waals surface area contributed by atoms with Crippen LogP contribution in [0.25, 0.3) is 0 Å². The van der Waals surface area contributed by atoms with Crippen LogP contribution >= 0.6 is 0 Å². The molecule has 0 spiro atoms. The molecule has 0 aromatic carbocycles. The summed E-state index contributed by atoms with van der Waals surface area (Å²) in [7, 11) is 0. The van der Waals surface area contributed by atoms with Gasteiger partial charge in [-0.15, -0.1) is 0 Å². The summed E-state index contributed by atoms with van der Waals surface area (Å²) in [5.41, 5.74) is 4.62. The Bertz CT molecular complexity index is 620. The Hall–Kier alpha value is -2.58. The molecule has 128 valence electrons. The van der Waals surface area contributed by atoms with Gasteiger partial charge in [0.05, 0.1) is 11.9 Å². The van der Waals surface area contributed by atoms with Crippen molar-refractivity contribution in [3.63, 3.8) is 0 Å². The molecule has 1 atom stereocenters. The van der Waals surface area contributed by atoms with Crippen molar-refractivity contribution >= 4 is 17.7 Å². The van der Waals surface area contributed by atoms with E-state index in [1.54, 1.807) is 20.8 Å². The van der Waals surface area contributed by atoms with Crippen molar-refractivity contribution in [3.8, 4) is 0 Å². The highest BCUT2D eigenvalue weighted by Crippen LogP contribution is 2.06. The lowest BCUT2D eigenvalue weighted by molar-refractivity contribution is -0.121. The predicted octanol–water partition coefficient (Wildman–Crippen LogP) is 0.226. The minimum atomic E-state index is -0.814. The number of alkyl carbamates (subject to hydrolysis) is 1. The molecule has 2 amide bonds. The van der Waals surface area contributed by atoms with Gasteiger partial charge in [0.2, 0.25) is 5.91 Å². The Balaban J connectivity index is 2.48. The molecule has 0 saturated heterocycles. The van der Waals surface area contributed by atoms with E-state index in [1.165, 1.54) is 19.2 Å². The molecule has 1 aromatic rings. The number of nitrogens with one attached hydrogen (secondary N) is 2. The number of amides is 2. The third-order valence-electron chi connectivity index (χ3n) is 2.73. The van der Waals surface area contributed by atoms with Crippen LogP contribution in [0.1, 0.15) is 33.7 Å². The highest BCUT2D eigenvalue weighted by Gasteiger charge is 2.15. The number of anilines is 1. The summed E-state index contributed by atoms with van der Waals surface area (Å²) in [4.78, 5) is 34.3. The first-order valence-electron chi connectivity index (χ1n) is 7.19. The van der Waals surface area contributed by atoms with E-state index < -0.39 is 29.2 Å². The van der Waals surface area contributed by atoms with Crippen LogP contribution in [0.5, 0.6) is 0 Å². The predicted molar refractivity (Wildman–Crippen MR) is 85.1 cm³/mol. The Morgan fingerprint density at radius 3 is 2.57 bits per heavy atom. The van der Waals surface area contributed by atoms with Gasteiger partial charge in [-0.05, 0) is 27.7 Å². The van der Waals surface area contributed by atoms with E-state index in [0.29, 0.717) is 18.8 Å². The van der Waals surface area contributed by atoms with E-state index in [0.717, 1.165) is 4.68 Å². The van der Waals surface area contributed by atoms with Gasteiger partial charge >= 0.3 is 6.09 Å². The summed E-state index contributed by atoms with van der Waals surface area (Å²) in [6.45, 7) is 7.52. The molecule has 0 aliphatic heterocycles. The second-order valence-electron chi connectivity index (χ2n) is 5.96. The average molecular weight is 325 g/mol. The topological polar surface area (TPSA) is 128 Å². The maximum atomic E-state index is 11.8. The summed E-state index contributed by atoms with van der Waals surface area (Å²) < 4.78 is 6.09. The van der Waals surface area contributed by atoms with Crippen molar-refractivity contribution in [1.82, 2.24) is 15.1 Å². The largest absolute Gasteiger partial charge is 0.444 e. The molecule has 0 radical (unpaired) electrons. The molecule has 1 rings (SSSR count). The fourth-order valence-electron chi connectivity index (χ4n) is 1.61. The van der Waals surface area contributed by atoms with E-state index in [2.05, 4.69) is 15.7 Å². The highest BCUT2D eigenvalue weighted by atomic mass is 16.6. The molecule has 0 saturated carbocycles. The first-order valence-corrected chi connectivity index (χ1v) is 7.19. The Morgan fingerprint density at radius 2 is 2.04 bits per heavy atom. The molecule has 1 unspecified atom stereocenters. The van der Waals surface area contributed by atoms with Crippen LogP contribution in [0.3, 0.4) is 0 Å². The van der Waals surface area contributed by atoms with Crippen LogP contribution < -0.4 is 21.9 Å². The third-order valence-corrected chi connectivity index (χ3v) is 2.73. The summed E-state index contributed by atoms with van der Waals surface area (Å²) in [6, 6.07) is 0.491. The monoisotopic (exact) mass is 325 g/mol. The van der Waals surface area contributed by atoms with Gasteiger partial charge in [0.15, 0.2) is 0 Å². The quantitative estimate of drug-likeness (QED) is 0.642. The molecule has 0 aliphatic rings. The van der Waals surface area contributed by atoms with Crippen LogP contribution in [0, 0.1) is 0 Å². The van der Waals surface area contributed by atoms with Crippen molar-refractivity contribution in [3.05, 3.63) is 22.6 Å². The first kappa shape index (κ1) is 18.5. The first-order chi connectivity index (χ1) is 10.6. The van der Waals surface area contributed by atoms with Crippen LogP contribution in [0.15, 0.2) is 17.1 Å². The number of aromatic nitrogens is 2. The van der Waals surface area contributed by atoms with Crippen molar-refractivity contribution in [1.29, 1.82) is 0 Å². The maximum Gasteiger partial charge on any atom is 0.407 e. The normalized spacial score (nSPS) is 12.3. The highest BCUT2D eigenvalue weighted by molar-refractivity contribution is 5.77. The smallest absolute Gasteiger partial charge is 0.407 e. The van der Waals surface area contributed by atoms with Gasteiger partial charge in [-0.3, -0.25) is 9.59 Å². The van der Waals surface area contributed by atoms with E-state index in [1.807, 2.05) is 0 Å². The van der Waals surface area contributed by atoms with E-state index in [-0.39, 0.29) is 0 Å². The zero-order valence-electron chi connectivity index (χ0n) is 13.8. The summed E-state index contributed by atoms with van der Waals surface area (Å²) in [6.07, 6.45) is 0.900. The van der Waals surface area contributed by atoms with Crippen LogP contribution in [0.4, 0.5) is 10.5 Å². The standard InChI is InChI=1S/C14H23N5O4/c1-9(12(15)21)19-11(20)7-10(8-18-19)16-5-6-17-13(22)23-14(2,3)4/h7-9,16H,5-6H2,1-4H3,(H2,15,21)(H,17,22). The molecule has 0 aliphatic carbocycles. The van der Waals surface area contributed by atoms with Crippen molar-refractivity contribution in [2.45, 2.75) is 39.3 Å². The molecule has 1 aromatic heterocycles. The number of primary amides is 1. The zero-order chi connectivity index (χ0) is 17.6. The van der Waals surface area contributed by atoms with Gasteiger partial charge in [0, 0.05) is 19.2 Å². The average Bonchev–Trinajstić information content (AvgIpc) is 2.41. The minimum absolute atomic E-state index is 0.315. The van der Waals surface area contributed by atoms with Crippen LogP contribution in [-0.4, -0.2) is 40.5 Å². The van der Waals surface area contributed by atoms with Gasteiger partial charge in [-0.1, -0.05) is 0 Å². The van der Waals surface area contributed by atoms with E-state index in [4.69, 9.17) is 10.5 Å². The second-order valence-corrected chi connectivity index (χ2v) is 5.96. The lowest BCUT2D eigenvalue weighted by atomic mass is 10.2. The number of nitrogens with two attached hydrogens (primary N) is 1. The van der Waals surface area contributed by atoms with E-state index >= 15 is 0 Å². The minimum Gasteiger partial charge on any atom is -0.444 e. The van der Waals surface area contributed by atoms with E-state index in [9.17, 15) is 14.4 Å². The molecular weight excluding hydrogens is 302 g/mol. The van der Waals surface area contributed by atoms with Gasteiger partial charge < -0.3 is 21.1 Å². The summed E-state index contributed by atoms with van der Waals surface area (Å²) >= 11 is 0. The van der Waals surface area contributed by atoms with Crippen molar-refractivity contribution in [2.24, 2.45) is 5.73 Å². The van der Waals surface area contributed by atoms with Crippen molar-refractivity contribution in [2.75, 3.05) is 18.4 Å². The summed E-state index contributed by atoms with van der Waals surface area (Å²) in [5, 5.41) is 9.41. The molecule has 4 N–H and O–H groups in total. The number of ether oxygens (including phenoxy) is 1. The van der Waals surface area contributed by atoms with Gasteiger partial charge in [-0.2, -0.15) is 5.10 Å². The zero-order valence-corrected chi connectivity index (χ0v) is 13.8. The molecule has 9 heteroatoms. The lowest BCUT2D eigenvalue weighted by Gasteiger charge is -2.19. The fraction of sp³-hybridized carbons (Fsp3) is 0.571. The molecular formula is C14H23N5O4. The fourth-order valence-corrected chi connectivity index (χ4v) is 1.61. The lowest BCUT2D eigenvalue weighted by Crippen LogP contribution is -2.35. The molecule has 0 bridgehead atoms. The number of nitrogens with zero attached hydrogens (tertiary/aromatic N) is 2. The molecule has 0 fully saturated rings. The van der Waals surface area contributed by atoms with Crippen molar-refractivity contribution < 1.29 is 14.3 Å². The van der Waals surface area contributed by atoms with Gasteiger partial charge in [0.25, 0.3) is 5.56 Å². The third kappa shape index (κ3) is 6.37. The maximum absolute atomic E-state index is 11.8.